The first-order valence-electron chi connectivity index (χ1n) is 9.37. The van der Waals surface area contributed by atoms with Crippen molar-refractivity contribution in [2.75, 3.05) is 18.1 Å². The van der Waals surface area contributed by atoms with E-state index in [0.29, 0.717) is 5.92 Å². The van der Waals surface area contributed by atoms with Crippen molar-refractivity contribution in [1.82, 2.24) is 10.3 Å². The molecule has 1 fully saturated rings. The van der Waals surface area contributed by atoms with Crippen LogP contribution in [0.1, 0.15) is 36.4 Å². The average Bonchev–Trinajstić information content (AvgIpc) is 3.36. The van der Waals surface area contributed by atoms with Crippen molar-refractivity contribution in [2.24, 2.45) is 0 Å². The molecular weight excluding hydrogens is 356 g/mol. The standard InChI is InChI=1S/C22H24N2O2S/c1-15(16-6-3-2-4-7-16)24-21(25)13-26-20-9-5-8-19-22(20)18(12-23-19)17-10-11-27-14-17/h2-9,12,15,17,23H,10-11,13-14H2,1H3,(H,24,25)/t15-,17?/m0/s1. The number of aromatic amines is 1. The third kappa shape index (κ3) is 3.98. The highest BCUT2D eigenvalue weighted by atomic mass is 32.2. The number of carbonyl (C=O) groups excluding carboxylic acids is 1. The monoisotopic (exact) mass is 380 g/mol. The van der Waals surface area contributed by atoms with Gasteiger partial charge < -0.3 is 15.0 Å². The van der Waals surface area contributed by atoms with Crippen LogP contribution in [0.25, 0.3) is 10.9 Å². The molecular formula is C22H24N2O2S. The van der Waals surface area contributed by atoms with Crippen LogP contribution in [0.2, 0.25) is 0 Å². The number of rotatable bonds is 6. The zero-order chi connectivity index (χ0) is 18.6. The fraction of sp³-hybridized carbons (Fsp3) is 0.318. The Morgan fingerprint density at radius 3 is 2.89 bits per heavy atom. The minimum atomic E-state index is -0.114. The average molecular weight is 381 g/mol. The van der Waals surface area contributed by atoms with Crippen molar-refractivity contribution in [3.05, 3.63) is 65.9 Å². The molecule has 3 aromatic rings. The van der Waals surface area contributed by atoms with Gasteiger partial charge in [0, 0.05) is 22.9 Å². The lowest BCUT2D eigenvalue weighted by Gasteiger charge is -2.15. The topological polar surface area (TPSA) is 54.1 Å². The summed E-state index contributed by atoms with van der Waals surface area (Å²) in [5.74, 6) is 3.58. The quantitative estimate of drug-likeness (QED) is 0.655. The second kappa shape index (κ2) is 8.09. The van der Waals surface area contributed by atoms with Crippen LogP contribution < -0.4 is 10.1 Å². The summed E-state index contributed by atoms with van der Waals surface area (Å²) < 4.78 is 5.94. The predicted octanol–water partition coefficient (Wildman–Crippen LogP) is 4.64. The fourth-order valence-electron chi connectivity index (χ4n) is 3.65. The molecule has 1 aliphatic heterocycles. The highest BCUT2D eigenvalue weighted by Crippen LogP contribution is 2.39. The molecule has 2 heterocycles. The van der Waals surface area contributed by atoms with Gasteiger partial charge in [0.15, 0.2) is 6.61 Å². The normalized spacial score (nSPS) is 17.7. The molecule has 4 rings (SSSR count). The molecule has 1 saturated heterocycles. The first-order chi connectivity index (χ1) is 13.2. The maximum Gasteiger partial charge on any atom is 0.258 e. The summed E-state index contributed by atoms with van der Waals surface area (Å²) in [6.07, 6.45) is 3.30. The molecule has 2 atom stereocenters. The molecule has 1 aliphatic rings. The summed E-state index contributed by atoms with van der Waals surface area (Å²) in [4.78, 5) is 15.7. The predicted molar refractivity (Wildman–Crippen MR) is 111 cm³/mol. The number of fused-ring (bicyclic) bond motifs is 1. The van der Waals surface area contributed by atoms with Gasteiger partial charge in [0.25, 0.3) is 5.91 Å². The van der Waals surface area contributed by atoms with Gasteiger partial charge in [-0.2, -0.15) is 11.8 Å². The lowest BCUT2D eigenvalue weighted by molar-refractivity contribution is -0.123. The van der Waals surface area contributed by atoms with Gasteiger partial charge in [-0.3, -0.25) is 4.79 Å². The van der Waals surface area contributed by atoms with Gasteiger partial charge in [-0.15, -0.1) is 0 Å². The third-order valence-corrected chi connectivity index (χ3v) is 6.27. The molecule has 2 N–H and O–H groups in total. The Kier molecular flexibility index (Phi) is 5.39. The number of hydrogen-bond acceptors (Lipinski definition) is 3. The molecule has 5 heteroatoms. The van der Waals surface area contributed by atoms with E-state index in [1.54, 1.807) is 0 Å². The molecule has 0 bridgehead atoms. The van der Waals surface area contributed by atoms with E-state index in [2.05, 4.69) is 22.6 Å². The van der Waals surface area contributed by atoms with E-state index >= 15 is 0 Å². The Morgan fingerprint density at radius 2 is 2.11 bits per heavy atom. The van der Waals surface area contributed by atoms with Gasteiger partial charge in [0.05, 0.1) is 6.04 Å². The number of amides is 1. The van der Waals surface area contributed by atoms with Gasteiger partial charge in [0.2, 0.25) is 0 Å². The highest BCUT2D eigenvalue weighted by molar-refractivity contribution is 7.99. The lowest BCUT2D eigenvalue weighted by atomic mass is 9.98. The van der Waals surface area contributed by atoms with Crippen molar-refractivity contribution in [1.29, 1.82) is 0 Å². The summed E-state index contributed by atoms with van der Waals surface area (Å²) >= 11 is 2.00. The van der Waals surface area contributed by atoms with Crippen molar-refractivity contribution >= 4 is 28.6 Å². The van der Waals surface area contributed by atoms with E-state index in [1.165, 1.54) is 17.7 Å². The lowest BCUT2D eigenvalue weighted by Crippen LogP contribution is -2.31. The minimum absolute atomic E-state index is 0.0142. The minimum Gasteiger partial charge on any atom is -0.483 e. The first kappa shape index (κ1) is 18.0. The van der Waals surface area contributed by atoms with Crippen molar-refractivity contribution in [3.8, 4) is 5.75 Å². The summed E-state index contributed by atoms with van der Waals surface area (Å²) in [5.41, 5.74) is 3.46. The number of ether oxygens (including phenoxy) is 1. The highest BCUT2D eigenvalue weighted by Gasteiger charge is 2.22. The van der Waals surface area contributed by atoms with Gasteiger partial charge in [-0.1, -0.05) is 36.4 Å². The van der Waals surface area contributed by atoms with Gasteiger partial charge in [0.1, 0.15) is 5.75 Å². The van der Waals surface area contributed by atoms with Crippen LogP contribution in [-0.4, -0.2) is 29.0 Å². The number of nitrogens with one attached hydrogen (secondary N) is 2. The van der Waals surface area contributed by atoms with E-state index < -0.39 is 0 Å². The molecule has 0 spiro atoms. The van der Waals surface area contributed by atoms with Gasteiger partial charge in [-0.05, 0) is 48.3 Å². The number of hydrogen-bond donors (Lipinski definition) is 2. The van der Waals surface area contributed by atoms with Crippen molar-refractivity contribution < 1.29 is 9.53 Å². The van der Waals surface area contributed by atoms with E-state index in [9.17, 15) is 4.79 Å². The van der Waals surface area contributed by atoms with Crippen LogP contribution in [0.4, 0.5) is 0 Å². The maximum absolute atomic E-state index is 12.4. The summed E-state index contributed by atoms with van der Waals surface area (Å²) in [6, 6.07) is 15.9. The smallest absolute Gasteiger partial charge is 0.258 e. The zero-order valence-corrected chi connectivity index (χ0v) is 16.2. The first-order valence-corrected chi connectivity index (χ1v) is 10.5. The fourth-order valence-corrected chi connectivity index (χ4v) is 4.90. The van der Waals surface area contributed by atoms with E-state index in [4.69, 9.17) is 4.74 Å². The van der Waals surface area contributed by atoms with Crippen LogP contribution in [0, 0.1) is 0 Å². The molecule has 2 aromatic carbocycles. The molecule has 1 amide bonds. The number of thioether (sulfide) groups is 1. The Hall–Kier alpha value is -2.40. The van der Waals surface area contributed by atoms with Crippen LogP contribution >= 0.6 is 11.8 Å². The van der Waals surface area contributed by atoms with E-state index in [1.807, 2.05) is 61.2 Å². The molecule has 0 radical (unpaired) electrons. The van der Waals surface area contributed by atoms with Crippen LogP contribution in [0.5, 0.6) is 5.75 Å². The summed E-state index contributed by atoms with van der Waals surface area (Å²) in [6.45, 7) is 2.00. The van der Waals surface area contributed by atoms with Crippen LogP contribution in [0.15, 0.2) is 54.7 Å². The molecule has 1 aromatic heterocycles. The largest absolute Gasteiger partial charge is 0.483 e. The Balaban J connectivity index is 1.45. The van der Waals surface area contributed by atoms with Crippen LogP contribution in [-0.2, 0) is 4.79 Å². The molecule has 27 heavy (non-hydrogen) atoms. The van der Waals surface area contributed by atoms with E-state index in [-0.39, 0.29) is 18.6 Å². The molecule has 0 saturated carbocycles. The number of benzene rings is 2. The number of carbonyl (C=O) groups is 1. The Bertz CT molecular complexity index is 916. The van der Waals surface area contributed by atoms with E-state index in [0.717, 1.165) is 28.0 Å². The maximum atomic E-state index is 12.4. The summed E-state index contributed by atoms with van der Waals surface area (Å²) in [5, 5.41) is 4.12. The summed E-state index contributed by atoms with van der Waals surface area (Å²) in [7, 11) is 0. The molecule has 0 aliphatic carbocycles. The molecule has 4 nitrogen and oxygen atoms in total. The van der Waals surface area contributed by atoms with Crippen LogP contribution in [0.3, 0.4) is 0 Å². The Labute approximate surface area is 163 Å². The zero-order valence-electron chi connectivity index (χ0n) is 15.4. The SMILES string of the molecule is C[C@H](NC(=O)COc1cccc2[nH]cc(C3CCSC3)c12)c1ccccc1. The second-order valence-corrected chi connectivity index (χ2v) is 8.12. The van der Waals surface area contributed by atoms with Crippen molar-refractivity contribution in [2.45, 2.75) is 25.3 Å². The van der Waals surface area contributed by atoms with Crippen molar-refractivity contribution in [3.63, 3.8) is 0 Å². The third-order valence-electron chi connectivity index (χ3n) is 5.10. The van der Waals surface area contributed by atoms with Gasteiger partial charge in [-0.25, -0.2) is 0 Å². The number of H-pyrrole nitrogens is 1. The molecule has 140 valence electrons. The molecule has 1 unspecified atom stereocenters. The second-order valence-electron chi connectivity index (χ2n) is 6.97. The van der Waals surface area contributed by atoms with Gasteiger partial charge >= 0.3 is 0 Å². The Morgan fingerprint density at radius 1 is 1.26 bits per heavy atom. The number of aromatic nitrogens is 1.